The van der Waals surface area contributed by atoms with Gasteiger partial charge >= 0.3 is 0 Å². The maximum atomic E-state index is 5.62. The molecule has 0 radical (unpaired) electrons. The number of benzene rings is 8. The lowest BCUT2D eigenvalue weighted by molar-refractivity contribution is 0.794. The fraction of sp³-hybridized carbons (Fsp3) is 0.0179. The van der Waals surface area contributed by atoms with Crippen LogP contribution >= 0.6 is 11.3 Å². The lowest BCUT2D eigenvalue weighted by Crippen LogP contribution is -2.25. The largest absolute Gasteiger partial charge is 0.254 e. The number of hydrogen-bond donors (Lipinski definition) is 0. The number of hydrogen-bond acceptors (Lipinski definition) is 4. The van der Waals surface area contributed by atoms with E-state index < -0.39 is 5.41 Å². The molecule has 0 N–H and O–H groups in total. The molecule has 0 fully saturated rings. The maximum Gasteiger partial charge on any atom is 0.0972 e. The van der Waals surface area contributed by atoms with E-state index in [-0.39, 0.29) is 0 Å². The predicted octanol–water partition coefficient (Wildman–Crippen LogP) is 14.5. The zero-order valence-electron chi connectivity index (χ0n) is 32.1. The van der Waals surface area contributed by atoms with Crippen LogP contribution < -0.4 is 0 Å². The first-order valence-corrected chi connectivity index (χ1v) is 21.3. The summed E-state index contributed by atoms with van der Waals surface area (Å²) >= 11 is 1.85. The molecule has 4 heteroatoms. The quantitative estimate of drug-likeness (QED) is 0.164. The Labute approximate surface area is 348 Å². The molecule has 0 saturated carbocycles. The monoisotopic (exact) mass is 777 g/mol. The van der Waals surface area contributed by atoms with Crippen molar-refractivity contribution in [1.82, 2.24) is 15.0 Å². The molecule has 0 saturated heterocycles. The molecule has 0 unspecified atom stereocenters. The van der Waals surface area contributed by atoms with E-state index in [1.807, 2.05) is 23.6 Å². The van der Waals surface area contributed by atoms with Gasteiger partial charge in [0.1, 0.15) is 0 Å². The molecule has 4 heterocycles. The summed E-state index contributed by atoms with van der Waals surface area (Å²) in [7, 11) is 0. The van der Waals surface area contributed by atoms with Crippen molar-refractivity contribution in [3.63, 3.8) is 0 Å². The summed E-state index contributed by atoms with van der Waals surface area (Å²) in [6, 6.07) is 66.8. The molecule has 8 aromatic carbocycles. The smallest absolute Gasteiger partial charge is 0.0972 e. The summed E-state index contributed by atoms with van der Waals surface area (Å²) < 4.78 is 2.49. The van der Waals surface area contributed by atoms with E-state index in [4.69, 9.17) is 15.0 Å². The minimum Gasteiger partial charge on any atom is -0.254 e. The molecule has 4 aromatic heterocycles. The molecule has 0 amide bonds. The standard InChI is InChI=1S/C56H31N3S/c1-6-18-43-35(13-1)36-14-2-7-19-44(36)56(43)45-20-8-3-15-37(45)38-27-25-34(30-46(38)56)52-42-31-41(48-28-26-33-24-23-32-12-11-29-57-53(32)54(33)59-48)55-51(40-17-5-10-22-49(40)60-55)50(42)39-16-4-9-21-47(39)58-52/h1-31H. The van der Waals surface area contributed by atoms with Crippen molar-refractivity contribution in [2.75, 3.05) is 0 Å². The average Bonchev–Trinajstić information content (AvgIpc) is 3.95. The Morgan fingerprint density at radius 2 is 1.05 bits per heavy atom. The molecule has 0 aliphatic heterocycles. The van der Waals surface area contributed by atoms with Gasteiger partial charge in [0.25, 0.3) is 0 Å². The average molecular weight is 778 g/mol. The van der Waals surface area contributed by atoms with Crippen LogP contribution in [0, 0.1) is 0 Å². The second-order valence-corrected chi connectivity index (χ2v) is 17.2. The molecule has 12 aromatic rings. The van der Waals surface area contributed by atoms with E-state index in [2.05, 4.69) is 176 Å². The van der Waals surface area contributed by atoms with Crippen molar-refractivity contribution in [2.24, 2.45) is 0 Å². The van der Waals surface area contributed by atoms with Crippen LogP contribution in [0.3, 0.4) is 0 Å². The maximum absolute atomic E-state index is 5.62. The zero-order valence-corrected chi connectivity index (χ0v) is 33.0. The summed E-state index contributed by atoms with van der Waals surface area (Å²) in [4.78, 5) is 15.9. The van der Waals surface area contributed by atoms with Gasteiger partial charge in [-0.05, 0) is 80.9 Å². The van der Waals surface area contributed by atoms with Crippen molar-refractivity contribution in [1.29, 1.82) is 0 Å². The minimum atomic E-state index is -0.449. The van der Waals surface area contributed by atoms with Gasteiger partial charge in [0, 0.05) is 64.4 Å². The summed E-state index contributed by atoms with van der Waals surface area (Å²) in [5, 5.41) is 8.18. The number of para-hydroxylation sites is 1. The normalized spacial score (nSPS) is 13.5. The molecular formula is C56H31N3S. The van der Waals surface area contributed by atoms with Crippen molar-refractivity contribution in [3.8, 4) is 44.8 Å². The molecule has 1 spiro atoms. The molecule has 60 heavy (non-hydrogen) atoms. The van der Waals surface area contributed by atoms with Crippen molar-refractivity contribution in [3.05, 3.63) is 210 Å². The molecule has 0 bridgehead atoms. The van der Waals surface area contributed by atoms with Crippen LogP contribution in [0.2, 0.25) is 0 Å². The number of thiophene rings is 1. The van der Waals surface area contributed by atoms with Crippen molar-refractivity contribution in [2.45, 2.75) is 5.41 Å². The van der Waals surface area contributed by atoms with Crippen LogP contribution in [-0.4, -0.2) is 15.0 Å². The number of fused-ring (bicyclic) bond motifs is 20. The molecular weight excluding hydrogens is 747 g/mol. The van der Waals surface area contributed by atoms with Gasteiger partial charge < -0.3 is 0 Å². The fourth-order valence-corrected chi connectivity index (χ4v) is 12.1. The lowest BCUT2D eigenvalue weighted by atomic mass is 9.70. The van der Waals surface area contributed by atoms with Gasteiger partial charge in [-0.3, -0.25) is 4.98 Å². The van der Waals surface area contributed by atoms with Gasteiger partial charge in [-0.1, -0.05) is 146 Å². The van der Waals surface area contributed by atoms with Gasteiger partial charge in [-0.25, -0.2) is 9.97 Å². The Morgan fingerprint density at radius 3 is 1.82 bits per heavy atom. The number of pyridine rings is 3. The molecule has 276 valence electrons. The van der Waals surface area contributed by atoms with Gasteiger partial charge in [-0.2, -0.15) is 0 Å². The van der Waals surface area contributed by atoms with Crippen LogP contribution in [-0.2, 0) is 5.41 Å². The Balaban J connectivity index is 1.11. The van der Waals surface area contributed by atoms with E-state index >= 15 is 0 Å². The molecule has 2 aliphatic rings. The highest BCUT2D eigenvalue weighted by Crippen LogP contribution is 2.63. The van der Waals surface area contributed by atoms with Gasteiger partial charge in [0.15, 0.2) is 0 Å². The Bertz CT molecular complexity index is 3800. The summed E-state index contributed by atoms with van der Waals surface area (Å²) in [6.45, 7) is 0. The van der Waals surface area contributed by atoms with Gasteiger partial charge in [0.2, 0.25) is 0 Å². The highest BCUT2D eigenvalue weighted by molar-refractivity contribution is 7.26. The molecule has 0 atom stereocenters. The summed E-state index contributed by atoms with van der Waals surface area (Å²) in [5.74, 6) is 0. The summed E-state index contributed by atoms with van der Waals surface area (Å²) in [5.41, 5.74) is 17.0. The highest BCUT2D eigenvalue weighted by Gasteiger charge is 2.51. The number of rotatable bonds is 2. The SMILES string of the molecule is c1ccc2c(c1)-c1ccccc1C21c2ccccc2-c2ccc(-c3nc4ccccc4c4c3cc(-c3ccc5ccc6cccnc6c5n3)c3sc5ccccc5c34)cc21. The lowest BCUT2D eigenvalue weighted by Gasteiger charge is -2.30. The second-order valence-electron chi connectivity index (χ2n) is 16.2. The second kappa shape index (κ2) is 11.8. The molecule has 2 aliphatic carbocycles. The van der Waals surface area contributed by atoms with Crippen molar-refractivity contribution < 1.29 is 0 Å². The van der Waals surface area contributed by atoms with E-state index in [9.17, 15) is 0 Å². The predicted molar refractivity (Wildman–Crippen MR) is 250 cm³/mol. The van der Waals surface area contributed by atoms with Crippen molar-refractivity contribution >= 4 is 75.0 Å². The number of aromatic nitrogens is 3. The van der Waals surface area contributed by atoms with Gasteiger partial charge in [0.05, 0.1) is 33.4 Å². The third-order valence-corrected chi connectivity index (χ3v) is 14.5. The van der Waals surface area contributed by atoms with Crippen LogP contribution in [0.15, 0.2) is 188 Å². The van der Waals surface area contributed by atoms with E-state index in [0.717, 1.165) is 60.6 Å². The third-order valence-electron chi connectivity index (χ3n) is 13.3. The minimum absolute atomic E-state index is 0.449. The Kier molecular flexibility index (Phi) is 6.37. The van der Waals surface area contributed by atoms with Crippen LogP contribution in [0.4, 0.5) is 0 Å². The van der Waals surface area contributed by atoms with Crippen LogP contribution in [0.25, 0.3) is 108 Å². The third kappa shape index (κ3) is 4.10. The Morgan fingerprint density at radius 1 is 0.417 bits per heavy atom. The van der Waals surface area contributed by atoms with E-state index in [0.29, 0.717) is 0 Å². The Hall–Kier alpha value is -7.53. The number of nitrogens with zero attached hydrogens (tertiary/aromatic N) is 3. The molecule has 3 nitrogen and oxygen atoms in total. The first-order chi connectivity index (χ1) is 29.8. The highest BCUT2D eigenvalue weighted by atomic mass is 32.1. The molecule has 14 rings (SSSR count). The zero-order chi connectivity index (χ0) is 39.1. The van der Waals surface area contributed by atoms with E-state index in [1.54, 1.807) is 0 Å². The fourth-order valence-electron chi connectivity index (χ4n) is 10.9. The topological polar surface area (TPSA) is 38.7 Å². The van der Waals surface area contributed by atoms with Gasteiger partial charge in [-0.15, -0.1) is 11.3 Å². The summed E-state index contributed by atoms with van der Waals surface area (Å²) in [6.07, 6.45) is 1.86. The van der Waals surface area contributed by atoms with Crippen LogP contribution in [0.1, 0.15) is 22.3 Å². The van der Waals surface area contributed by atoms with Crippen LogP contribution in [0.5, 0.6) is 0 Å². The van der Waals surface area contributed by atoms with E-state index in [1.165, 1.54) is 70.1 Å². The first kappa shape index (κ1) is 32.4. The first-order valence-electron chi connectivity index (χ1n) is 20.5.